The molecule has 4 heteroatoms. The molecule has 3 unspecified atom stereocenters. The summed E-state index contributed by atoms with van der Waals surface area (Å²) in [7, 11) is 0. The molecule has 122 valence electrons. The number of carbonyl (C=O) groups is 1. The van der Waals surface area contributed by atoms with Gasteiger partial charge in [0.05, 0.1) is 0 Å². The number of hydrogen-bond donors (Lipinski definition) is 2. The first-order valence-electron chi connectivity index (χ1n) is 8.83. The van der Waals surface area contributed by atoms with E-state index >= 15 is 0 Å². The van der Waals surface area contributed by atoms with E-state index < -0.39 is 5.97 Å². The van der Waals surface area contributed by atoms with Crippen molar-refractivity contribution in [3.8, 4) is 0 Å². The Kier molecular flexibility index (Phi) is 6.49. The molecule has 1 saturated heterocycles. The zero-order valence-corrected chi connectivity index (χ0v) is 13.7. The van der Waals surface area contributed by atoms with Gasteiger partial charge in [-0.25, -0.2) is 0 Å². The fourth-order valence-electron chi connectivity index (χ4n) is 4.02. The summed E-state index contributed by atoms with van der Waals surface area (Å²) in [6.07, 6.45) is 9.32. The number of carboxylic acids is 1. The second-order valence-corrected chi connectivity index (χ2v) is 7.08. The highest BCUT2D eigenvalue weighted by Crippen LogP contribution is 2.29. The Hall–Kier alpha value is -0.610. The van der Waals surface area contributed by atoms with Crippen LogP contribution in [0.1, 0.15) is 65.2 Å². The maximum absolute atomic E-state index is 11.2. The van der Waals surface area contributed by atoms with Crippen LogP contribution < -0.4 is 5.32 Å². The van der Waals surface area contributed by atoms with Gasteiger partial charge in [0, 0.05) is 12.1 Å². The normalized spacial score (nSPS) is 30.2. The molecule has 4 nitrogen and oxygen atoms in total. The summed E-state index contributed by atoms with van der Waals surface area (Å²) in [6.45, 7) is 6.69. The van der Waals surface area contributed by atoms with Crippen LogP contribution in [0.2, 0.25) is 0 Å². The minimum absolute atomic E-state index is 0.360. The Bertz CT molecular complexity index is 327. The second kappa shape index (κ2) is 8.14. The van der Waals surface area contributed by atoms with Crippen molar-refractivity contribution in [3.63, 3.8) is 0 Å². The molecule has 1 aliphatic heterocycles. The molecule has 3 atom stereocenters. The van der Waals surface area contributed by atoms with Crippen LogP contribution in [0.3, 0.4) is 0 Å². The van der Waals surface area contributed by atoms with Crippen LogP contribution in [0.4, 0.5) is 0 Å². The minimum atomic E-state index is -0.694. The van der Waals surface area contributed by atoms with Crippen molar-refractivity contribution in [2.24, 2.45) is 5.92 Å². The van der Waals surface area contributed by atoms with Crippen LogP contribution in [0.5, 0.6) is 0 Å². The number of hydrogen-bond acceptors (Lipinski definition) is 3. The standard InChI is InChI=1S/C17H32N2O2/c1-3-5-16(17(20)21)18-14-8-10-19(11-9-14)15-7-4-6-13(2)12-15/h13-16,18H,3-12H2,1-2H3,(H,20,21). The van der Waals surface area contributed by atoms with E-state index in [0.717, 1.165) is 50.7 Å². The Morgan fingerprint density at radius 2 is 2.00 bits per heavy atom. The summed E-state index contributed by atoms with van der Waals surface area (Å²) < 4.78 is 0. The third-order valence-electron chi connectivity index (χ3n) is 5.27. The third kappa shape index (κ3) is 4.96. The summed E-state index contributed by atoms with van der Waals surface area (Å²) in [5.74, 6) is 0.181. The molecule has 0 bridgehead atoms. The Balaban J connectivity index is 1.76. The maximum atomic E-state index is 11.2. The van der Waals surface area contributed by atoms with E-state index in [-0.39, 0.29) is 6.04 Å². The van der Waals surface area contributed by atoms with E-state index in [0.29, 0.717) is 6.04 Å². The summed E-state index contributed by atoms with van der Waals surface area (Å²) in [5.41, 5.74) is 0. The smallest absolute Gasteiger partial charge is 0.320 e. The van der Waals surface area contributed by atoms with Crippen molar-refractivity contribution in [2.75, 3.05) is 13.1 Å². The highest BCUT2D eigenvalue weighted by molar-refractivity contribution is 5.73. The van der Waals surface area contributed by atoms with E-state index in [1.54, 1.807) is 0 Å². The molecule has 0 amide bonds. The molecule has 2 fully saturated rings. The number of aliphatic carboxylic acids is 1. The van der Waals surface area contributed by atoms with Gasteiger partial charge in [-0.2, -0.15) is 0 Å². The van der Waals surface area contributed by atoms with Gasteiger partial charge in [0.2, 0.25) is 0 Å². The lowest BCUT2D eigenvalue weighted by molar-refractivity contribution is -0.140. The fraction of sp³-hybridized carbons (Fsp3) is 0.941. The molecule has 1 saturated carbocycles. The summed E-state index contributed by atoms with van der Waals surface area (Å²) >= 11 is 0. The first-order valence-corrected chi connectivity index (χ1v) is 8.83. The zero-order chi connectivity index (χ0) is 15.2. The molecule has 2 rings (SSSR count). The van der Waals surface area contributed by atoms with Crippen LogP contribution in [-0.4, -0.2) is 47.2 Å². The van der Waals surface area contributed by atoms with Crippen molar-refractivity contribution in [3.05, 3.63) is 0 Å². The Morgan fingerprint density at radius 3 is 2.57 bits per heavy atom. The molecular weight excluding hydrogens is 264 g/mol. The van der Waals surface area contributed by atoms with Gasteiger partial charge in [0.15, 0.2) is 0 Å². The molecule has 1 heterocycles. The largest absolute Gasteiger partial charge is 0.480 e. The molecule has 0 aromatic carbocycles. The number of piperidine rings is 1. The molecule has 0 spiro atoms. The quantitative estimate of drug-likeness (QED) is 0.791. The molecule has 2 N–H and O–H groups in total. The van der Waals surface area contributed by atoms with Gasteiger partial charge in [-0.1, -0.05) is 33.1 Å². The van der Waals surface area contributed by atoms with Crippen molar-refractivity contribution >= 4 is 5.97 Å². The van der Waals surface area contributed by atoms with Crippen LogP contribution in [0.25, 0.3) is 0 Å². The molecule has 0 aromatic heterocycles. The first-order chi connectivity index (χ1) is 10.1. The Morgan fingerprint density at radius 1 is 1.29 bits per heavy atom. The first kappa shape index (κ1) is 16.8. The number of rotatable bonds is 6. The van der Waals surface area contributed by atoms with Crippen LogP contribution in [0.15, 0.2) is 0 Å². The molecule has 0 aromatic rings. The highest BCUT2D eigenvalue weighted by Gasteiger charge is 2.29. The van der Waals surface area contributed by atoms with Gasteiger partial charge >= 0.3 is 5.97 Å². The average molecular weight is 296 g/mol. The van der Waals surface area contributed by atoms with E-state index in [1.165, 1.54) is 25.7 Å². The van der Waals surface area contributed by atoms with Gasteiger partial charge < -0.3 is 15.3 Å². The predicted molar refractivity (Wildman–Crippen MR) is 85.5 cm³/mol. The summed E-state index contributed by atoms with van der Waals surface area (Å²) in [6, 6.07) is 0.803. The molecular formula is C17H32N2O2. The van der Waals surface area contributed by atoms with Gasteiger partial charge in [0.1, 0.15) is 6.04 Å². The van der Waals surface area contributed by atoms with Crippen molar-refractivity contribution < 1.29 is 9.90 Å². The van der Waals surface area contributed by atoms with E-state index in [2.05, 4.69) is 17.1 Å². The van der Waals surface area contributed by atoms with Gasteiger partial charge in [0.25, 0.3) is 0 Å². The SMILES string of the molecule is CCCC(NC1CCN(C2CCCC(C)C2)CC1)C(=O)O. The lowest BCUT2D eigenvalue weighted by Crippen LogP contribution is -2.51. The second-order valence-electron chi connectivity index (χ2n) is 7.08. The topological polar surface area (TPSA) is 52.6 Å². The van der Waals surface area contributed by atoms with E-state index in [9.17, 15) is 9.90 Å². The molecule has 2 aliphatic rings. The van der Waals surface area contributed by atoms with Crippen molar-refractivity contribution in [1.29, 1.82) is 0 Å². The number of nitrogens with zero attached hydrogens (tertiary/aromatic N) is 1. The van der Waals surface area contributed by atoms with Gasteiger partial charge in [-0.05, 0) is 51.1 Å². The third-order valence-corrected chi connectivity index (χ3v) is 5.27. The molecule has 0 radical (unpaired) electrons. The average Bonchev–Trinajstić information content (AvgIpc) is 2.47. The van der Waals surface area contributed by atoms with Crippen LogP contribution in [0, 0.1) is 5.92 Å². The number of likely N-dealkylation sites (tertiary alicyclic amines) is 1. The Labute approximate surface area is 129 Å². The molecule has 1 aliphatic carbocycles. The van der Waals surface area contributed by atoms with Gasteiger partial charge in [-0.3, -0.25) is 4.79 Å². The monoisotopic (exact) mass is 296 g/mol. The predicted octanol–water partition coefficient (Wildman–Crippen LogP) is 2.87. The number of nitrogens with one attached hydrogen (secondary N) is 1. The van der Waals surface area contributed by atoms with E-state index in [1.807, 2.05) is 6.92 Å². The molecule has 21 heavy (non-hydrogen) atoms. The van der Waals surface area contributed by atoms with E-state index in [4.69, 9.17) is 0 Å². The zero-order valence-electron chi connectivity index (χ0n) is 13.7. The van der Waals surface area contributed by atoms with Crippen molar-refractivity contribution in [2.45, 2.75) is 83.3 Å². The maximum Gasteiger partial charge on any atom is 0.320 e. The van der Waals surface area contributed by atoms with Crippen LogP contribution >= 0.6 is 0 Å². The lowest BCUT2D eigenvalue weighted by Gasteiger charge is -2.41. The lowest BCUT2D eigenvalue weighted by atomic mass is 9.85. The van der Waals surface area contributed by atoms with Crippen LogP contribution in [-0.2, 0) is 4.79 Å². The van der Waals surface area contributed by atoms with Gasteiger partial charge in [-0.15, -0.1) is 0 Å². The van der Waals surface area contributed by atoms with Crippen molar-refractivity contribution in [1.82, 2.24) is 10.2 Å². The fourth-order valence-corrected chi connectivity index (χ4v) is 4.02. The number of carboxylic acid groups (broad SMARTS) is 1. The minimum Gasteiger partial charge on any atom is -0.480 e. The summed E-state index contributed by atoms with van der Waals surface area (Å²) in [5, 5.41) is 12.6. The summed E-state index contributed by atoms with van der Waals surface area (Å²) in [4.78, 5) is 13.9. The highest BCUT2D eigenvalue weighted by atomic mass is 16.4.